The normalized spacial score (nSPS) is 30.7. The van der Waals surface area contributed by atoms with Crippen molar-refractivity contribution in [2.45, 2.75) is 37.3 Å². The Morgan fingerprint density at radius 3 is 2.61 bits per heavy atom. The molecule has 0 spiro atoms. The van der Waals surface area contributed by atoms with Crippen LogP contribution in [0, 0.1) is 0 Å². The van der Waals surface area contributed by atoms with Gasteiger partial charge in [0.2, 0.25) is 0 Å². The summed E-state index contributed by atoms with van der Waals surface area (Å²) < 4.78 is 21.7. The van der Waals surface area contributed by atoms with Crippen molar-refractivity contribution in [3.63, 3.8) is 0 Å². The van der Waals surface area contributed by atoms with E-state index in [4.69, 9.17) is 24.5 Å². The van der Waals surface area contributed by atoms with Gasteiger partial charge in [-0.05, 0) is 11.1 Å². The van der Waals surface area contributed by atoms with Crippen LogP contribution in [-0.4, -0.2) is 56.6 Å². The fraction of sp³-hybridized carbons (Fsp3) is 0.600. The van der Waals surface area contributed by atoms with Crippen molar-refractivity contribution in [1.29, 1.82) is 0 Å². The highest BCUT2D eigenvalue weighted by Crippen LogP contribution is 2.26. The summed E-state index contributed by atoms with van der Waals surface area (Å²) in [6.07, 6.45) is -3.15. The van der Waals surface area contributed by atoms with Crippen molar-refractivity contribution in [2.24, 2.45) is 5.11 Å². The third kappa shape index (κ3) is 4.42. The first-order chi connectivity index (χ1) is 11.2. The molecule has 5 atom stereocenters. The zero-order valence-corrected chi connectivity index (χ0v) is 13.1. The quantitative estimate of drug-likeness (QED) is 0.466. The van der Waals surface area contributed by atoms with Gasteiger partial charge >= 0.3 is 0 Å². The summed E-state index contributed by atoms with van der Waals surface area (Å²) in [6, 6.07) is 8.85. The van der Waals surface area contributed by atoms with Crippen LogP contribution < -0.4 is 0 Å². The van der Waals surface area contributed by atoms with E-state index in [1.807, 2.05) is 30.3 Å². The highest BCUT2D eigenvalue weighted by atomic mass is 16.7. The van der Waals surface area contributed by atoms with E-state index >= 15 is 0 Å². The fourth-order valence-electron chi connectivity index (χ4n) is 2.54. The molecule has 1 fully saturated rings. The number of ether oxygens (including phenoxy) is 4. The van der Waals surface area contributed by atoms with Crippen LogP contribution in [0.25, 0.3) is 10.4 Å². The second kappa shape index (κ2) is 8.83. The van der Waals surface area contributed by atoms with Gasteiger partial charge in [0.05, 0.1) is 25.4 Å². The molecule has 0 amide bonds. The maximum atomic E-state index is 10.4. The molecule has 1 aromatic carbocycles. The molecule has 0 aliphatic carbocycles. The van der Waals surface area contributed by atoms with Crippen LogP contribution >= 0.6 is 0 Å². The molecule has 8 nitrogen and oxygen atoms in total. The Balaban J connectivity index is 1.98. The van der Waals surface area contributed by atoms with E-state index in [1.165, 1.54) is 14.2 Å². The Hall–Kier alpha value is -1.67. The van der Waals surface area contributed by atoms with Crippen LogP contribution in [0.5, 0.6) is 0 Å². The molecule has 0 radical (unpaired) electrons. The van der Waals surface area contributed by atoms with Crippen molar-refractivity contribution in [3.05, 3.63) is 46.3 Å². The van der Waals surface area contributed by atoms with Gasteiger partial charge in [-0.3, -0.25) is 0 Å². The van der Waals surface area contributed by atoms with Crippen molar-refractivity contribution in [2.75, 3.05) is 20.8 Å². The summed E-state index contributed by atoms with van der Waals surface area (Å²) in [5.41, 5.74) is 9.71. The lowest BCUT2D eigenvalue weighted by molar-refractivity contribution is -0.275. The van der Waals surface area contributed by atoms with Crippen molar-refractivity contribution in [1.82, 2.24) is 0 Å². The van der Waals surface area contributed by atoms with Crippen LogP contribution in [0.15, 0.2) is 35.4 Å². The Kier molecular flexibility index (Phi) is 6.79. The first kappa shape index (κ1) is 17.7. The highest BCUT2D eigenvalue weighted by molar-refractivity contribution is 5.13. The standard InChI is InChI=1S/C15H21N3O5/c1-20-14-12(17-18-16)13(19)11(23-15(14)21-2)9-22-8-10-6-4-3-5-7-10/h3-7,11-15,19H,8-9H2,1-2H3/t11-,12-,13+,14-,15-/m1/s1. The molecule has 1 aliphatic rings. The van der Waals surface area contributed by atoms with Crippen LogP contribution in [0.4, 0.5) is 0 Å². The maximum Gasteiger partial charge on any atom is 0.184 e. The summed E-state index contributed by atoms with van der Waals surface area (Å²) in [5.74, 6) is 0. The number of hydrogen-bond acceptors (Lipinski definition) is 6. The first-order valence-electron chi connectivity index (χ1n) is 7.26. The Morgan fingerprint density at radius 1 is 1.26 bits per heavy atom. The molecular weight excluding hydrogens is 302 g/mol. The predicted octanol–water partition coefficient (Wildman–Crippen LogP) is 1.63. The maximum absolute atomic E-state index is 10.4. The topological polar surface area (TPSA) is 106 Å². The number of hydrogen-bond donors (Lipinski definition) is 1. The second-order valence-corrected chi connectivity index (χ2v) is 5.17. The van der Waals surface area contributed by atoms with Gasteiger partial charge in [0.25, 0.3) is 0 Å². The van der Waals surface area contributed by atoms with E-state index in [-0.39, 0.29) is 6.61 Å². The van der Waals surface area contributed by atoms with E-state index in [2.05, 4.69) is 10.0 Å². The minimum Gasteiger partial charge on any atom is -0.390 e. The van der Waals surface area contributed by atoms with Gasteiger partial charge in [-0.25, -0.2) is 0 Å². The summed E-state index contributed by atoms with van der Waals surface area (Å²) in [6.45, 7) is 0.536. The van der Waals surface area contributed by atoms with E-state index in [0.717, 1.165) is 5.56 Å². The largest absolute Gasteiger partial charge is 0.390 e. The van der Waals surface area contributed by atoms with Crippen molar-refractivity contribution in [3.8, 4) is 0 Å². The Morgan fingerprint density at radius 2 is 2.00 bits per heavy atom. The number of methoxy groups -OCH3 is 2. The van der Waals surface area contributed by atoms with E-state index in [0.29, 0.717) is 6.61 Å². The Bertz CT molecular complexity index is 523. The third-order valence-electron chi connectivity index (χ3n) is 3.73. The molecule has 1 N–H and O–H groups in total. The van der Waals surface area contributed by atoms with Crippen LogP contribution in [0.3, 0.4) is 0 Å². The predicted molar refractivity (Wildman–Crippen MR) is 81.5 cm³/mol. The molecule has 0 bridgehead atoms. The number of benzene rings is 1. The lowest BCUT2D eigenvalue weighted by Gasteiger charge is -2.41. The van der Waals surface area contributed by atoms with Crippen LogP contribution in [-0.2, 0) is 25.6 Å². The Labute approximate surface area is 134 Å². The molecule has 0 saturated carbocycles. The molecule has 1 saturated heterocycles. The lowest BCUT2D eigenvalue weighted by atomic mass is 9.97. The van der Waals surface area contributed by atoms with Crippen molar-refractivity contribution < 1.29 is 24.1 Å². The second-order valence-electron chi connectivity index (χ2n) is 5.17. The van der Waals surface area contributed by atoms with Gasteiger partial charge < -0.3 is 24.1 Å². The van der Waals surface area contributed by atoms with Gasteiger partial charge in [0.1, 0.15) is 12.2 Å². The summed E-state index contributed by atoms with van der Waals surface area (Å²) in [4.78, 5) is 2.77. The summed E-state index contributed by atoms with van der Waals surface area (Å²) in [5, 5.41) is 14.0. The molecule has 1 heterocycles. The molecule has 1 aliphatic heterocycles. The van der Waals surface area contributed by atoms with Crippen molar-refractivity contribution >= 4 is 0 Å². The number of nitrogens with zero attached hydrogens (tertiary/aromatic N) is 3. The SMILES string of the molecule is CO[C@@H]1O[C@H](COCc2ccccc2)[C@H](O)[C@@H](N=[N+]=[N-])[C@H]1OC. The zero-order chi connectivity index (χ0) is 16.7. The molecule has 126 valence electrons. The average Bonchev–Trinajstić information content (AvgIpc) is 2.59. The van der Waals surface area contributed by atoms with Crippen LogP contribution in [0.1, 0.15) is 5.56 Å². The highest BCUT2D eigenvalue weighted by Gasteiger charge is 2.45. The van der Waals surface area contributed by atoms with E-state index in [1.54, 1.807) is 0 Å². The minimum atomic E-state index is -1.04. The van der Waals surface area contributed by atoms with Gasteiger partial charge in [-0.2, -0.15) is 0 Å². The number of azide groups is 1. The monoisotopic (exact) mass is 323 g/mol. The molecule has 0 aromatic heterocycles. The number of aliphatic hydroxyl groups excluding tert-OH is 1. The number of aliphatic hydroxyl groups is 1. The smallest absolute Gasteiger partial charge is 0.184 e. The minimum absolute atomic E-state index is 0.143. The molecule has 0 unspecified atom stereocenters. The number of rotatable bonds is 7. The van der Waals surface area contributed by atoms with Gasteiger partial charge in [0, 0.05) is 19.1 Å². The molecule has 2 rings (SSSR count). The first-order valence-corrected chi connectivity index (χ1v) is 7.26. The third-order valence-corrected chi connectivity index (χ3v) is 3.73. The molecule has 1 aromatic rings. The van der Waals surface area contributed by atoms with E-state index < -0.39 is 30.6 Å². The van der Waals surface area contributed by atoms with Gasteiger partial charge in [-0.1, -0.05) is 35.4 Å². The molecular formula is C15H21N3O5. The molecule has 23 heavy (non-hydrogen) atoms. The average molecular weight is 323 g/mol. The summed E-state index contributed by atoms with van der Waals surface area (Å²) >= 11 is 0. The summed E-state index contributed by atoms with van der Waals surface area (Å²) in [7, 11) is 2.91. The molecule has 8 heteroatoms. The fourth-order valence-corrected chi connectivity index (χ4v) is 2.54. The van der Waals surface area contributed by atoms with E-state index in [9.17, 15) is 5.11 Å². The zero-order valence-electron chi connectivity index (χ0n) is 13.1. The van der Waals surface area contributed by atoms with Gasteiger partial charge in [0.15, 0.2) is 6.29 Å². The lowest BCUT2D eigenvalue weighted by Crippen LogP contribution is -2.58. The van der Waals surface area contributed by atoms with Crippen LogP contribution in [0.2, 0.25) is 0 Å². The van der Waals surface area contributed by atoms with Gasteiger partial charge in [-0.15, -0.1) is 0 Å².